The lowest BCUT2D eigenvalue weighted by Crippen LogP contribution is -2.30. The number of halogens is 1. The Labute approximate surface area is 194 Å². The first-order valence-corrected chi connectivity index (χ1v) is 11.9. The minimum Gasteiger partial charge on any atom is -0.489 e. The van der Waals surface area contributed by atoms with Gasteiger partial charge in [-0.1, -0.05) is 17.7 Å². The number of carbonyl (C=O) groups is 1. The molecule has 1 aromatic heterocycles. The van der Waals surface area contributed by atoms with E-state index in [1.54, 1.807) is 16.7 Å². The van der Waals surface area contributed by atoms with Gasteiger partial charge in [-0.05, 0) is 44.9 Å². The second-order valence-corrected chi connectivity index (χ2v) is 10.1. The van der Waals surface area contributed by atoms with Gasteiger partial charge in [-0.15, -0.1) is 0 Å². The summed E-state index contributed by atoms with van der Waals surface area (Å²) in [5.41, 5.74) is 5.97. The number of carboxylic acids is 1. The molecule has 11 heteroatoms. The molecule has 5 rings (SSSR count). The number of carboxylic acid groups (broad SMARTS) is 1. The molecule has 2 heterocycles. The summed E-state index contributed by atoms with van der Waals surface area (Å²) in [4.78, 5) is 23.6. The Morgan fingerprint density at radius 1 is 1.26 bits per heavy atom. The summed E-state index contributed by atoms with van der Waals surface area (Å²) in [6.07, 6.45) is 2.61. The summed E-state index contributed by atoms with van der Waals surface area (Å²) in [5, 5.41) is 9.23. The van der Waals surface area contributed by atoms with Crippen LogP contribution in [-0.4, -0.2) is 35.2 Å². The van der Waals surface area contributed by atoms with Crippen LogP contribution in [0.2, 0.25) is 0 Å². The van der Waals surface area contributed by atoms with Crippen molar-refractivity contribution in [2.45, 2.75) is 43.2 Å². The van der Waals surface area contributed by atoms with Gasteiger partial charge in [-0.2, -0.15) is 8.42 Å². The van der Waals surface area contributed by atoms with Crippen molar-refractivity contribution in [2.75, 3.05) is 6.61 Å². The van der Waals surface area contributed by atoms with Crippen LogP contribution >= 0.6 is 0 Å². The fourth-order valence-corrected chi connectivity index (χ4v) is 4.42. The summed E-state index contributed by atoms with van der Waals surface area (Å²) in [6.45, 7) is 3.95. The predicted octanol–water partition coefficient (Wildman–Crippen LogP) is 2.98. The molecular weight excluding hydrogens is 467 g/mol. The Morgan fingerprint density at radius 2 is 1.88 bits per heavy atom. The van der Waals surface area contributed by atoms with Crippen molar-refractivity contribution in [1.29, 1.82) is 0 Å². The molecule has 2 aromatic carbocycles. The third kappa shape index (κ3) is 4.17. The van der Waals surface area contributed by atoms with Crippen LogP contribution in [0.25, 0.3) is 10.9 Å². The largest absolute Gasteiger partial charge is 0.489 e. The van der Waals surface area contributed by atoms with E-state index >= 15 is 0 Å². The molecular formula is C23H23FN2O7S. The average molecular weight is 491 g/mol. The number of aromatic nitrogens is 1. The quantitative estimate of drug-likeness (QED) is 0.475. The van der Waals surface area contributed by atoms with Gasteiger partial charge in [-0.3, -0.25) is 9.35 Å². The van der Waals surface area contributed by atoms with E-state index in [9.17, 15) is 27.5 Å². The number of rotatable bonds is 3. The van der Waals surface area contributed by atoms with Crippen molar-refractivity contribution in [1.82, 2.24) is 4.57 Å². The average Bonchev–Trinajstić information content (AvgIpc) is 3.49. The zero-order valence-corrected chi connectivity index (χ0v) is 19.2. The van der Waals surface area contributed by atoms with E-state index in [4.69, 9.17) is 15.0 Å². The smallest absolute Gasteiger partial charge is 0.341 e. The third-order valence-electron chi connectivity index (χ3n) is 6.00. The summed E-state index contributed by atoms with van der Waals surface area (Å²) in [5.74, 6) is -1.68. The van der Waals surface area contributed by atoms with E-state index in [1.165, 1.54) is 18.3 Å². The Kier molecular flexibility index (Phi) is 5.75. The van der Waals surface area contributed by atoms with Crippen LogP contribution < -0.4 is 15.9 Å². The zero-order valence-electron chi connectivity index (χ0n) is 18.4. The van der Waals surface area contributed by atoms with Gasteiger partial charge in [0.2, 0.25) is 5.43 Å². The van der Waals surface area contributed by atoms with Crippen LogP contribution in [0.15, 0.2) is 46.2 Å². The molecule has 4 N–H and O–H groups in total. The molecule has 0 saturated heterocycles. The van der Waals surface area contributed by atoms with Gasteiger partial charge in [0.1, 0.15) is 18.0 Å². The molecule has 3 aromatic rings. The molecule has 1 saturated carbocycles. The van der Waals surface area contributed by atoms with E-state index in [0.29, 0.717) is 18.4 Å². The fraction of sp³-hybridized carbons (Fsp3) is 0.304. The van der Waals surface area contributed by atoms with Gasteiger partial charge in [0.15, 0.2) is 5.75 Å². The molecule has 0 unspecified atom stereocenters. The molecule has 1 fully saturated rings. The second-order valence-electron chi connectivity index (χ2n) is 8.65. The van der Waals surface area contributed by atoms with Crippen molar-refractivity contribution < 1.29 is 32.0 Å². The number of benzene rings is 2. The van der Waals surface area contributed by atoms with Crippen molar-refractivity contribution in [3.05, 3.63) is 69.3 Å². The monoisotopic (exact) mass is 490 g/mol. The first-order chi connectivity index (χ1) is 15.8. The normalized spacial score (nSPS) is 18.0. The molecule has 180 valence electrons. The SMILES string of the molecule is C[C@H]1COc2c(C3(N)CC3)c(F)cc3c(=O)c(C(=O)O)cn1c23.Cc1ccc(S(=O)(=O)O)cc1. The Morgan fingerprint density at radius 3 is 2.41 bits per heavy atom. The van der Waals surface area contributed by atoms with Crippen LogP contribution in [0.5, 0.6) is 5.75 Å². The highest BCUT2D eigenvalue weighted by molar-refractivity contribution is 7.85. The van der Waals surface area contributed by atoms with Gasteiger partial charge in [0, 0.05) is 11.7 Å². The third-order valence-corrected chi connectivity index (χ3v) is 6.87. The van der Waals surface area contributed by atoms with Crippen LogP contribution in [0.4, 0.5) is 4.39 Å². The molecule has 1 atom stereocenters. The highest BCUT2D eigenvalue weighted by atomic mass is 32.2. The van der Waals surface area contributed by atoms with E-state index < -0.39 is 32.9 Å². The lowest BCUT2D eigenvalue weighted by Gasteiger charge is -2.29. The number of pyridine rings is 1. The Bertz CT molecular complexity index is 1480. The summed E-state index contributed by atoms with van der Waals surface area (Å²) in [6, 6.07) is 6.91. The number of aromatic carboxylic acids is 1. The molecule has 0 bridgehead atoms. The van der Waals surface area contributed by atoms with Crippen LogP contribution in [0.3, 0.4) is 0 Å². The van der Waals surface area contributed by atoms with Crippen molar-refractivity contribution >= 4 is 27.0 Å². The molecule has 0 radical (unpaired) electrons. The van der Waals surface area contributed by atoms with Gasteiger partial charge in [0.05, 0.1) is 27.4 Å². The van der Waals surface area contributed by atoms with E-state index in [-0.39, 0.29) is 39.8 Å². The van der Waals surface area contributed by atoms with Crippen molar-refractivity contribution in [2.24, 2.45) is 5.73 Å². The topological polar surface area (TPSA) is 149 Å². The predicted molar refractivity (Wildman–Crippen MR) is 121 cm³/mol. The molecule has 9 nitrogen and oxygen atoms in total. The molecule has 0 spiro atoms. The maximum Gasteiger partial charge on any atom is 0.341 e. The lowest BCUT2D eigenvalue weighted by atomic mass is 9.98. The van der Waals surface area contributed by atoms with Gasteiger partial charge >= 0.3 is 5.97 Å². The number of hydrogen-bond acceptors (Lipinski definition) is 6. The molecule has 0 amide bonds. The number of hydrogen-bond donors (Lipinski definition) is 3. The molecule has 1 aliphatic heterocycles. The lowest BCUT2D eigenvalue weighted by molar-refractivity contribution is 0.0694. The number of nitrogens with two attached hydrogens (primary N) is 1. The van der Waals surface area contributed by atoms with Crippen molar-refractivity contribution in [3.8, 4) is 5.75 Å². The summed E-state index contributed by atoms with van der Waals surface area (Å²) in [7, 11) is -4.02. The standard InChI is InChI=1S/C16H15FN2O4.C7H8O3S/c1-7-6-23-14-11(16(18)2-3-16)10(17)4-8-12(14)19(7)5-9(13(8)20)15(21)22;1-6-2-4-7(5-3-6)11(8,9)10/h4-5,7H,2-3,6,18H2,1H3,(H,21,22);2-5H,1H3,(H,8,9,10)/t7-;/m0./s1. The molecule has 2 aliphatic rings. The number of aryl methyl sites for hydroxylation is 1. The number of ether oxygens (including phenoxy) is 1. The fourth-order valence-electron chi connectivity index (χ4n) is 3.94. The second kappa shape index (κ2) is 8.19. The maximum absolute atomic E-state index is 14.6. The zero-order chi connectivity index (χ0) is 25.0. The minimum atomic E-state index is -4.02. The number of nitrogens with zero attached hydrogens (tertiary/aromatic N) is 1. The van der Waals surface area contributed by atoms with Crippen molar-refractivity contribution in [3.63, 3.8) is 0 Å². The molecule has 1 aliphatic carbocycles. The van der Waals surface area contributed by atoms with Gasteiger partial charge in [0.25, 0.3) is 10.1 Å². The molecule has 34 heavy (non-hydrogen) atoms. The van der Waals surface area contributed by atoms with Crippen LogP contribution in [0.1, 0.15) is 47.3 Å². The van der Waals surface area contributed by atoms with Gasteiger partial charge in [-0.25, -0.2) is 9.18 Å². The first-order valence-electron chi connectivity index (χ1n) is 10.4. The highest BCUT2D eigenvalue weighted by Crippen LogP contribution is 2.50. The minimum absolute atomic E-state index is 0.0111. The van der Waals surface area contributed by atoms with Gasteiger partial charge < -0.3 is 20.1 Å². The van der Waals surface area contributed by atoms with E-state index in [0.717, 1.165) is 11.6 Å². The Hall–Kier alpha value is -3.28. The van der Waals surface area contributed by atoms with Crippen LogP contribution in [0, 0.1) is 12.7 Å². The van der Waals surface area contributed by atoms with E-state index in [1.807, 2.05) is 13.8 Å². The maximum atomic E-state index is 14.6. The Balaban J connectivity index is 0.000000210. The van der Waals surface area contributed by atoms with Crippen LogP contribution in [-0.2, 0) is 15.7 Å². The first kappa shape index (κ1) is 23.9. The summed E-state index contributed by atoms with van der Waals surface area (Å²) >= 11 is 0. The van der Waals surface area contributed by atoms with E-state index in [2.05, 4.69) is 0 Å². The highest BCUT2D eigenvalue weighted by Gasteiger charge is 2.46. The summed E-state index contributed by atoms with van der Waals surface area (Å²) < 4.78 is 51.6.